The van der Waals surface area contributed by atoms with E-state index in [4.69, 9.17) is 5.26 Å². The van der Waals surface area contributed by atoms with Crippen molar-refractivity contribution in [3.05, 3.63) is 0 Å². The zero-order valence-corrected chi connectivity index (χ0v) is 12.4. The molecule has 0 aromatic carbocycles. The van der Waals surface area contributed by atoms with Crippen LogP contribution in [0.2, 0.25) is 0 Å². The standard InChI is InChI=1S/C14H23N3O3/c1-13(2,9-15)8-12(19)17-6-4-5-14(20,10-17)7-11(18)16-3/h20H,4-8,10H2,1-3H3,(H,16,18). The molecule has 0 saturated carbocycles. The maximum absolute atomic E-state index is 12.2. The maximum Gasteiger partial charge on any atom is 0.224 e. The number of carbonyl (C=O) groups is 2. The Morgan fingerprint density at radius 2 is 2.15 bits per heavy atom. The van der Waals surface area contributed by atoms with Gasteiger partial charge in [0.25, 0.3) is 0 Å². The molecule has 0 aromatic heterocycles. The summed E-state index contributed by atoms with van der Waals surface area (Å²) in [6.07, 6.45) is 1.28. The smallest absolute Gasteiger partial charge is 0.224 e. The number of nitrogens with one attached hydrogen (secondary N) is 1. The molecule has 1 rings (SSSR count). The molecular formula is C14H23N3O3. The van der Waals surface area contributed by atoms with Crippen LogP contribution in [0.1, 0.15) is 39.5 Å². The highest BCUT2D eigenvalue weighted by Gasteiger charge is 2.37. The van der Waals surface area contributed by atoms with Crippen LogP contribution in [0.4, 0.5) is 0 Å². The fourth-order valence-electron chi connectivity index (χ4n) is 2.39. The Morgan fingerprint density at radius 3 is 2.70 bits per heavy atom. The van der Waals surface area contributed by atoms with Gasteiger partial charge in [0.15, 0.2) is 0 Å². The molecule has 0 spiro atoms. The summed E-state index contributed by atoms with van der Waals surface area (Å²) >= 11 is 0. The number of amides is 2. The van der Waals surface area contributed by atoms with E-state index in [-0.39, 0.29) is 31.2 Å². The number of nitrogens with zero attached hydrogens (tertiary/aromatic N) is 2. The van der Waals surface area contributed by atoms with E-state index >= 15 is 0 Å². The van der Waals surface area contributed by atoms with Crippen molar-refractivity contribution >= 4 is 11.8 Å². The van der Waals surface area contributed by atoms with Crippen molar-refractivity contribution < 1.29 is 14.7 Å². The minimum atomic E-state index is -1.16. The summed E-state index contributed by atoms with van der Waals surface area (Å²) in [6, 6.07) is 2.10. The molecule has 6 nitrogen and oxygen atoms in total. The van der Waals surface area contributed by atoms with Gasteiger partial charge in [-0.25, -0.2) is 0 Å². The van der Waals surface area contributed by atoms with Crippen LogP contribution in [0.5, 0.6) is 0 Å². The second-order valence-corrected chi connectivity index (χ2v) is 6.17. The summed E-state index contributed by atoms with van der Waals surface area (Å²) in [5.74, 6) is -0.384. The van der Waals surface area contributed by atoms with Crippen LogP contribution >= 0.6 is 0 Å². The minimum Gasteiger partial charge on any atom is -0.388 e. The van der Waals surface area contributed by atoms with Gasteiger partial charge >= 0.3 is 0 Å². The van der Waals surface area contributed by atoms with Crippen molar-refractivity contribution in [3.8, 4) is 6.07 Å². The Kier molecular flexibility index (Phi) is 5.12. The predicted molar refractivity (Wildman–Crippen MR) is 73.5 cm³/mol. The molecule has 1 atom stereocenters. The van der Waals surface area contributed by atoms with Crippen molar-refractivity contribution in [2.45, 2.75) is 45.1 Å². The van der Waals surface area contributed by atoms with Crippen molar-refractivity contribution in [1.29, 1.82) is 5.26 Å². The van der Waals surface area contributed by atoms with E-state index < -0.39 is 11.0 Å². The van der Waals surface area contributed by atoms with Crippen LogP contribution in [-0.2, 0) is 9.59 Å². The first-order valence-corrected chi connectivity index (χ1v) is 6.83. The number of aliphatic hydroxyl groups is 1. The van der Waals surface area contributed by atoms with Crippen molar-refractivity contribution in [1.82, 2.24) is 10.2 Å². The SMILES string of the molecule is CNC(=O)CC1(O)CCCN(C(=O)CC(C)(C)C#N)C1. The van der Waals surface area contributed by atoms with E-state index in [1.165, 1.54) is 7.05 Å². The highest BCUT2D eigenvalue weighted by molar-refractivity contribution is 5.79. The van der Waals surface area contributed by atoms with Gasteiger partial charge in [-0.05, 0) is 26.7 Å². The van der Waals surface area contributed by atoms with Crippen LogP contribution in [0.15, 0.2) is 0 Å². The van der Waals surface area contributed by atoms with Gasteiger partial charge in [-0.2, -0.15) is 5.26 Å². The number of hydrogen-bond acceptors (Lipinski definition) is 4. The highest BCUT2D eigenvalue weighted by atomic mass is 16.3. The first-order chi connectivity index (χ1) is 9.21. The molecule has 0 bridgehead atoms. The lowest BCUT2D eigenvalue weighted by Gasteiger charge is -2.39. The Balaban J connectivity index is 2.67. The molecule has 1 saturated heterocycles. The molecule has 0 radical (unpaired) electrons. The zero-order chi connectivity index (χ0) is 15.4. The van der Waals surface area contributed by atoms with Crippen LogP contribution in [0, 0.1) is 16.7 Å². The molecule has 2 amide bonds. The van der Waals surface area contributed by atoms with Crippen molar-refractivity contribution in [2.75, 3.05) is 20.1 Å². The quantitative estimate of drug-likeness (QED) is 0.780. The molecule has 1 fully saturated rings. The van der Waals surface area contributed by atoms with Gasteiger partial charge in [0.2, 0.25) is 11.8 Å². The molecule has 1 unspecified atom stereocenters. The van der Waals surface area contributed by atoms with Crippen molar-refractivity contribution in [2.24, 2.45) is 5.41 Å². The summed E-state index contributed by atoms with van der Waals surface area (Å²) in [5, 5.41) is 21.9. The average Bonchev–Trinajstić information content (AvgIpc) is 2.37. The lowest BCUT2D eigenvalue weighted by molar-refractivity contribution is -0.143. The maximum atomic E-state index is 12.2. The summed E-state index contributed by atoms with van der Waals surface area (Å²) in [7, 11) is 1.52. The van der Waals surface area contributed by atoms with E-state index in [0.717, 1.165) is 0 Å². The molecule has 1 aliphatic rings. The third-order valence-electron chi connectivity index (χ3n) is 3.57. The predicted octanol–water partition coefficient (Wildman–Crippen LogP) is 0.416. The fraction of sp³-hybridized carbons (Fsp3) is 0.786. The van der Waals surface area contributed by atoms with Crippen LogP contribution in [-0.4, -0.2) is 47.6 Å². The molecule has 20 heavy (non-hydrogen) atoms. The first kappa shape index (κ1) is 16.4. The lowest BCUT2D eigenvalue weighted by Crippen LogP contribution is -2.52. The molecule has 1 aliphatic heterocycles. The third kappa shape index (κ3) is 4.49. The highest BCUT2D eigenvalue weighted by Crippen LogP contribution is 2.27. The van der Waals surface area contributed by atoms with Gasteiger partial charge in [0, 0.05) is 26.6 Å². The average molecular weight is 281 g/mol. The van der Waals surface area contributed by atoms with E-state index in [1.807, 2.05) is 0 Å². The monoisotopic (exact) mass is 281 g/mol. The molecular weight excluding hydrogens is 258 g/mol. The Hall–Kier alpha value is -1.61. The van der Waals surface area contributed by atoms with Gasteiger partial charge < -0.3 is 15.3 Å². The van der Waals surface area contributed by atoms with E-state index in [2.05, 4.69) is 11.4 Å². The normalized spacial score (nSPS) is 23.1. The second kappa shape index (κ2) is 6.23. The van der Waals surface area contributed by atoms with Gasteiger partial charge in [-0.15, -0.1) is 0 Å². The fourth-order valence-corrected chi connectivity index (χ4v) is 2.39. The Bertz CT molecular complexity index is 428. The molecule has 0 aliphatic carbocycles. The van der Waals surface area contributed by atoms with Crippen molar-refractivity contribution in [3.63, 3.8) is 0 Å². The number of rotatable bonds is 4. The van der Waals surface area contributed by atoms with Gasteiger partial charge in [-0.3, -0.25) is 9.59 Å². The molecule has 2 N–H and O–H groups in total. The summed E-state index contributed by atoms with van der Waals surface area (Å²) < 4.78 is 0. The number of piperidine rings is 1. The van der Waals surface area contributed by atoms with Gasteiger partial charge in [-0.1, -0.05) is 0 Å². The molecule has 6 heteroatoms. The minimum absolute atomic E-state index is 0.00504. The van der Waals surface area contributed by atoms with E-state index in [1.54, 1.807) is 18.7 Å². The zero-order valence-electron chi connectivity index (χ0n) is 12.4. The van der Waals surface area contributed by atoms with E-state index in [0.29, 0.717) is 19.4 Å². The lowest BCUT2D eigenvalue weighted by atomic mass is 9.87. The summed E-state index contributed by atoms with van der Waals surface area (Å²) in [4.78, 5) is 25.2. The summed E-state index contributed by atoms with van der Waals surface area (Å²) in [5.41, 5.74) is -1.88. The topological polar surface area (TPSA) is 93.4 Å². The number of nitriles is 1. The molecule has 0 aromatic rings. The largest absolute Gasteiger partial charge is 0.388 e. The number of carbonyl (C=O) groups excluding carboxylic acids is 2. The first-order valence-electron chi connectivity index (χ1n) is 6.83. The third-order valence-corrected chi connectivity index (χ3v) is 3.57. The van der Waals surface area contributed by atoms with Gasteiger partial charge in [0.1, 0.15) is 0 Å². The molecule has 112 valence electrons. The van der Waals surface area contributed by atoms with Crippen LogP contribution in [0.25, 0.3) is 0 Å². The summed E-state index contributed by atoms with van der Waals surface area (Å²) in [6.45, 7) is 4.15. The number of hydrogen-bond donors (Lipinski definition) is 2. The Labute approximate surface area is 119 Å². The van der Waals surface area contributed by atoms with Gasteiger partial charge in [0.05, 0.1) is 23.5 Å². The second-order valence-electron chi connectivity index (χ2n) is 6.17. The number of likely N-dealkylation sites (tertiary alicyclic amines) is 1. The van der Waals surface area contributed by atoms with Crippen LogP contribution < -0.4 is 5.32 Å². The van der Waals surface area contributed by atoms with Crippen LogP contribution in [0.3, 0.4) is 0 Å². The van der Waals surface area contributed by atoms with E-state index in [9.17, 15) is 14.7 Å². The number of β-amino-alcohol motifs (C(OH)–C–C–N with tert-alkyl or cyclic N) is 1. The Morgan fingerprint density at radius 1 is 1.50 bits per heavy atom. The molecule has 1 heterocycles.